The molecular weight excluding hydrogens is 266 g/mol. The summed E-state index contributed by atoms with van der Waals surface area (Å²) in [5, 5.41) is 12.3. The monoisotopic (exact) mass is 297 g/mol. The molecule has 5 heteroatoms. The Balaban J connectivity index is 1.78. The molecule has 1 aliphatic heterocycles. The van der Waals surface area contributed by atoms with Gasteiger partial charge in [-0.3, -0.25) is 14.6 Å². The Morgan fingerprint density at radius 1 is 1.14 bits per heavy atom. The van der Waals surface area contributed by atoms with Crippen LogP contribution in [0, 0.1) is 0 Å². The van der Waals surface area contributed by atoms with Crippen LogP contribution >= 0.6 is 0 Å². The van der Waals surface area contributed by atoms with Gasteiger partial charge in [-0.2, -0.15) is 0 Å². The largest absolute Gasteiger partial charge is 0.395 e. The molecule has 1 atom stereocenters. The Morgan fingerprint density at radius 3 is 2.62 bits per heavy atom. The third-order valence-corrected chi connectivity index (χ3v) is 4.92. The van der Waals surface area contributed by atoms with Gasteiger partial charge >= 0.3 is 0 Å². The number of carbonyl (C=O) groups is 1. The molecule has 1 aliphatic carbocycles. The molecule has 5 nitrogen and oxygen atoms in total. The topological polar surface area (TPSA) is 55.8 Å². The van der Waals surface area contributed by atoms with E-state index in [2.05, 4.69) is 15.1 Å². The first-order valence-electron chi connectivity index (χ1n) is 8.58. The SMILES string of the molecule is CC(C(=O)NC1CCCCC1)N1CCCN(CCO)CC1. The van der Waals surface area contributed by atoms with Gasteiger partial charge in [0, 0.05) is 32.2 Å². The van der Waals surface area contributed by atoms with Crippen LogP contribution in [0.5, 0.6) is 0 Å². The Hall–Kier alpha value is -0.650. The molecule has 0 aromatic heterocycles. The van der Waals surface area contributed by atoms with Crippen molar-refractivity contribution >= 4 is 5.91 Å². The molecule has 21 heavy (non-hydrogen) atoms. The number of amides is 1. The van der Waals surface area contributed by atoms with E-state index < -0.39 is 0 Å². The van der Waals surface area contributed by atoms with Gasteiger partial charge in [0.15, 0.2) is 0 Å². The summed E-state index contributed by atoms with van der Waals surface area (Å²) in [6.45, 7) is 6.85. The summed E-state index contributed by atoms with van der Waals surface area (Å²) in [4.78, 5) is 17.0. The molecule has 0 bridgehead atoms. The van der Waals surface area contributed by atoms with E-state index >= 15 is 0 Å². The number of rotatable bonds is 5. The van der Waals surface area contributed by atoms with Crippen molar-refractivity contribution in [2.24, 2.45) is 0 Å². The van der Waals surface area contributed by atoms with E-state index in [4.69, 9.17) is 5.11 Å². The first-order valence-corrected chi connectivity index (χ1v) is 8.58. The lowest BCUT2D eigenvalue weighted by atomic mass is 9.95. The lowest BCUT2D eigenvalue weighted by Crippen LogP contribution is -2.49. The Kier molecular flexibility index (Phi) is 6.93. The average molecular weight is 297 g/mol. The van der Waals surface area contributed by atoms with Gasteiger partial charge in [-0.05, 0) is 32.7 Å². The molecule has 0 spiro atoms. The summed E-state index contributed by atoms with van der Waals surface area (Å²) < 4.78 is 0. The van der Waals surface area contributed by atoms with Gasteiger partial charge in [0.05, 0.1) is 12.6 Å². The van der Waals surface area contributed by atoms with Crippen LogP contribution in [0.4, 0.5) is 0 Å². The molecule has 1 saturated carbocycles. The lowest BCUT2D eigenvalue weighted by Gasteiger charge is -2.30. The van der Waals surface area contributed by atoms with Crippen LogP contribution in [0.3, 0.4) is 0 Å². The normalized spacial score (nSPS) is 24.5. The maximum absolute atomic E-state index is 12.4. The third-order valence-electron chi connectivity index (χ3n) is 4.92. The zero-order valence-corrected chi connectivity index (χ0v) is 13.4. The quantitative estimate of drug-likeness (QED) is 0.789. The average Bonchev–Trinajstić information content (AvgIpc) is 2.73. The second kappa shape index (κ2) is 8.71. The van der Waals surface area contributed by atoms with Crippen molar-refractivity contribution < 1.29 is 9.90 Å². The minimum Gasteiger partial charge on any atom is -0.395 e. The molecule has 1 heterocycles. The van der Waals surface area contributed by atoms with Gasteiger partial charge in [0.25, 0.3) is 0 Å². The van der Waals surface area contributed by atoms with E-state index in [9.17, 15) is 4.79 Å². The Labute approximate surface area is 128 Å². The number of β-amino-alcohol motifs (C(OH)–C–C–N with tert-alkyl or cyclic N) is 1. The van der Waals surface area contributed by atoms with E-state index in [0.29, 0.717) is 6.04 Å². The van der Waals surface area contributed by atoms with Gasteiger partial charge in [0.2, 0.25) is 5.91 Å². The zero-order chi connectivity index (χ0) is 15.1. The maximum Gasteiger partial charge on any atom is 0.237 e. The van der Waals surface area contributed by atoms with Crippen molar-refractivity contribution in [3.8, 4) is 0 Å². The number of aliphatic hydroxyl groups is 1. The van der Waals surface area contributed by atoms with Gasteiger partial charge in [-0.1, -0.05) is 19.3 Å². The molecule has 1 unspecified atom stereocenters. The van der Waals surface area contributed by atoms with Crippen molar-refractivity contribution in [2.45, 2.75) is 57.5 Å². The van der Waals surface area contributed by atoms with Crippen molar-refractivity contribution in [2.75, 3.05) is 39.3 Å². The highest BCUT2D eigenvalue weighted by molar-refractivity contribution is 5.81. The molecule has 2 rings (SSSR count). The molecule has 2 N–H and O–H groups in total. The van der Waals surface area contributed by atoms with Crippen molar-refractivity contribution in [1.29, 1.82) is 0 Å². The predicted molar refractivity (Wildman–Crippen MR) is 84.2 cm³/mol. The number of carbonyl (C=O) groups excluding carboxylic acids is 1. The molecule has 2 aliphatic rings. The van der Waals surface area contributed by atoms with Crippen LogP contribution in [-0.4, -0.2) is 72.2 Å². The van der Waals surface area contributed by atoms with Crippen LogP contribution in [0.15, 0.2) is 0 Å². The van der Waals surface area contributed by atoms with E-state index in [1.54, 1.807) is 0 Å². The second-order valence-electron chi connectivity index (χ2n) is 6.47. The third kappa shape index (κ3) is 5.24. The molecule has 1 saturated heterocycles. The number of nitrogens with one attached hydrogen (secondary N) is 1. The van der Waals surface area contributed by atoms with E-state index in [-0.39, 0.29) is 18.6 Å². The fraction of sp³-hybridized carbons (Fsp3) is 0.938. The summed E-state index contributed by atoms with van der Waals surface area (Å²) in [5.41, 5.74) is 0. The zero-order valence-electron chi connectivity index (χ0n) is 13.4. The Morgan fingerprint density at radius 2 is 1.90 bits per heavy atom. The predicted octanol–water partition coefficient (Wildman–Crippen LogP) is 0.824. The maximum atomic E-state index is 12.4. The number of nitrogens with zero attached hydrogens (tertiary/aromatic N) is 2. The molecular formula is C16H31N3O2. The highest BCUT2D eigenvalue weighted by Gasteiger charge is 2.25. The summed E-state index contributed by atoms with van der Waals surface area (Å²) in [6.07, 6.45) is 7.17. The van der Waals surface area contributed by atoms with Gasteiger partial charge in [0.1, 0.15) is 0 Å². The highest BCUT2D eigenvalue weighted by atomic mass is 16.3. The van der Waals surface area contributed by atoms with Gasteiger partial charge in [-0.15, -0.1) is 0 Å². The number of aliphatic hydroxyl groups excluding tert-OH is 1. The number of hydrogen-bond acceptors (Lipinski definition) is 4. The molecule has 0 radical (unpaired) electrons. The van der Waals surface area contributed by atoms with E-state index in [0.717, 1.165) is 52.0 Å². The van der Waals surface area contributed by atoms with E-state index in [1.165, 1.54) is 19.3 Å². The van der Waals surface area contributed by atoms with E-state index in [1.807, 2.05) is 6.92 Å². The van der Waals surface area contributed by atoms with Gasteiger partial charge < -0.3 is 10.4 Å². The smallest absolute Gasteiger partial charge is 0.237 e. The highest BCUT2D eigenvalue weighted by Crippen LogP contribution is 2.18. The summed E-state index contributed by atoms with van der Waals surface area (Å²) >= 11 is 0. The van der Waals surface area contributed by atoms with Crippen molar-refractivity contribution in [3.05, 3.63) is 0 Å². The molecule has 0 aromatic carbocycles. The van der Waals surface area contributed by atoms with Crippen molar-refractivity contribution in [3.63, 3.8) is 0 Å². The fourth-order valence-corrected chi connectivity index (χ4v) is 3.48. The first-order chi connectivity index (χ1) is 10.2. The standard InChI is InChI=1S/C16H31N3O2/c1-14(16(21)17-15-6-3-2-4-7-15)19-9-5-8-18(10-11-19)12-13-20/h14-15,20H,2-13H2,1H3,(H,17,21). The fourth-order valence-electron chi connectivity index (χ4n) is 3.48. The van der Waals surface area contributed by atoms with Crippen LogP contribution < -0.4 is 5.32 Å². The van der Waals surface area contributed by atoms with Gasteiger partial charge in [-0.25, -0.2) is 0 Å². The summed E-state index contributed by atoms with van der Waals surface area (Å²) in [6, 6.07) is 0.354. The van der Waals surface area contributed by atoms with Crippen molar-refractivity contribution in [1.82, 2.24) is 15.1 Å². The van der Waals surface area contributed by atoms with Crippen LogP contribution in [0.2, 0.25) is 0 Å². The lowest BCUT2D eigenvalue weighted by molar-refractivity contribution is -0.126. The first kappa shape index (κ1) is 16.7. The molecule has 0 aromatic rings. The molecule has 122 valence electrons. The number of hydrogen-bond donors (Lipinski definition) is 2. The molecule has 2 fully saturated rings. The minimum atomic E-state index is -0.0407. The summed E-state index contributed by atoms with van der Waals surface area (Å²) in [5.74, 6) is 0.192. The van der Waals surface area contributed by atoms with Crippen LogP contribution in [0.25, 0.3) is 0 Å². The molecule has 1 amide bonds. The summed E-state index contributed by atoms with van der Waals surface area (Å²) in [7, 11) is 0. The van der Waals surface area contributed by atoms with Crippen LogP contribution in [0.1, 0.15) is 45.4 Å². The second-order valence-corrected chi connectivity index (χ2v) is 6.47. The van der Waals surface area contributed by atoms with Crippen LogP contribution in [-0.2, 0) is 4.79 Å². The Bertz CT molecular complexity index is 319. The minimum absolute atomic E-state index is 0.0407.